The summed E-state index contributed by atoms with van der Waals surface area (Å²) >= 11 is 0. The molecule has 0 bridgehead atoms. The molecular weight excluding hydrogens is 278 g/mol. The number of rotatable bonds is 4. The molecule has 0 saturated carbocycles. The molecule has 2 unspecified atom stereocenters. The predicted octanol–water partition coefficient (Wildman–Crippen LogP) is 1.54. The molecule has 1 fully saturated rings. The first-order valence-corrected chi connectivity index (χ1v) is 8.13. The largest absolute Gasteiger partial charge is 0.353 e. The van der Waals surface area contributed by atoms with Gasteiger partial charge in [-0.25, -0.2) is 0 Å². The summed E-state index contributed by atoms with van der Waals surface area (Å²) in [6.45, 7) is 3.66. The zero-order valence-electron chi connectivity index (χ0n) is 12.9. The Hall–Kier alpha value is -1.88. The zero-order valence-corrected chi connectivity index (χ0v) is 12.9. The molecule has 2 heterocycles. The molecule has 0 spiro atoms. The van der Waals surface area contributed by atoms with Crippen molar-refractivity contribution >= 4 is 17.5 Å². The van der Waals surface area contributed by atoms with Crippen LogP contribution in [0.5, 0.6) is 0 Å². The fourth-order valence-corrected chi connectivity index (χ4v) is 3.41. The van der Waals surface area contributed by atoms with E-state index in [1.54, 1.807) is 0 Å². The van der Waals surface area contributed by atoms with Crippen LogP contribution in [0.2, 0.25) is 0 Å². The van der Waals surface area contributed by atoms with E-state index in [9.17, 15) is 9.59 Å². The number of carbonyl (C=O) groups excluding carboxylic acids is 2. The molecule has 22 heavy (non-hydrogen) atoms. The van der Waals surface area contributed by atoms with Gasteiger partial charge >= 0.3 is 0 Å². The lowest BCUT2D eigenvalue weighted by atomic mass is 9.84. The van der Waals surface area contributed by atoms with Gasteiger partial charge in [-0.15, -0.1) is 0 Å². The fourth-order valence-electron chi connectivity index (χ4n) is 3.41. The maximum atomic E-state index is 12.2. The first kappa shape index (κ1) is 15.0. The van der Waals surface area contributed by atoms with Gasteiger partial charge in [0.05, 0.1) is 6.04 Å². The van der Waals surface area contributed by atoms with Crippen LogP contribution in [0, 0.1) is 0 Å². The van der Waals surface area contributed by atoms with E-state index < -0.39 is 0 Å². The molecule has 0 radical (unpaired) electrons. The van der Waals surface area contributed by atoms with Crippen LogP contribution in [0.25, 0.3) is 0 Å². The van der Waals surface area contributed by atoms with Gasteiger partial charge in [0.2, 0.25) is 11.8 Å². The van der Waals surface area contributed by atoms with E-state index in [1.165, 1.54) is 11.1 Å². The van der Waals surface area contributed by atoms with Gasteiger partial charge in [0, 0.05) is 31.1 Å². The Balaban J connectivity index is 1.88. The van der Waals surface area contributed by atoms with Gasteiger partial charge in [0.25, 0.3) is 0 Å². The molecule has 2 atom stereocenters. The minimum atomic E-state index is -0.162. The van der Waals surface area contributed by atoms with Gasteiger partial charge in [-0.1, -0.05) is 25.5 Å². The number of carbonyl (C=O) groups is 2. The average Bonchev–Trinajstić information content (AvgIpc) is 2.53. The third kappa shape index (κ3) is 2.99. The number of nitrogens with one attached hydrogen (secondary N) is 3. The number of aryl methyl sites for hydroxylation is 1. The summed E-state index contributed by atoms with van der Waals surface area (Å²) in [7, 11) is 0. The fraction of sp³-hybridized carbons (Fsp3) is 0.529. The highest BCUT2D eigenvalue weighted by Crippen LogP contribution is 2.31. The number of amides is 2. The highest BCUT2D eigenvalue weighted by molar-refractivity contribution is 5.94. The average molecular weight is 301 g/mol. The topological polar surface area (TPSA) is 70.2 Å². The summed E-state index contributed by atoms with van der Waals surface area (Å²) in [6.07, 6.45) is 3.31. The lowest BCUT2D eigenvalue weighted by molar-refractivity contribution is -0.125. The van der Waals surface area contributed by atoms with Crippen molar-refractivity contribution in [3.63, 3.8) is 0 Å². The first-order chi connectivity index (χ1) is 10.7. The maximum absolute atomic E-state index is 12.2. The number of piperazine rings is 1. The van der Waals surface area contributed by atoms with E-state index in [0.717, 1.165) is 31.5 Å². The smallest absolute Gasteiger partial charge is 0.237 e. The van der Waals surface area contributed by atoms with Gasteiger partial charge < -0.3 is 16.0 Å². The first-order valence-electron chi connectivity index (χ1n) is 8.13. The minimum Gasteiger partial charge on any atom is -0.353 e. The van der Waals surface area contributed by atoms with Crippen LogP contribution in [0.4, 0.5) is 5.69 Å². The quantitative estimate of drug-likeness (QED) is 0.790. The van der Waals surface area contributed by atoms with E-state index in [0.29, 0.717) is 13.0 Å². The summed E-state index contributed by atoms with van der Waals surface area (Å²) in [4.78, 5) is 23.6. The molecule has 5 heteroatoms. The molecule has 1 saturated heterocycles. The van der Waals surface area contributed by atoms with Crippen molar-refractivity contribution in [3.05, 3.63) is 29.3 Å². The summed E-state index contributed by atoms with van der Waals surface area (Å²) < 4.78 is 0. The van der Waals surface area contributed by atoms with E-state index >= 15 is 0 Å². The maximum Gasteiger partial charge on any atom is 0.237 e. The lowest BCUT2D eigenvalue weighted by Crippen LogP contribution is -2.55. The normalized spacial score (nSPS) is 22.5. The van der Waals surface area contributed by atoms with Crippen LogP contribution in [0.1, 0.15) is 43.2 Å². The predicted molar refractivity (Wildman–Crippen MR) is 85.8 cm³/mol. The molecule has 2 amide bonds. The van der Waals surface area contributed by atoms with Crippen molar-refractivity contribution in [2.45, 2.75) is 44.6 Å². The molecule has 2 aliphatic rings. The van der Waals surface area contributed by atoms with Gasteiger partial charge in [0.15, 0.2) is 0 Å². The molecule has 1 aromatic rings. The summed E-state index contributed by atoms with van der Waals surface area (Å²) in [6, 6.07) is 6.03. The van der Waals surface area contributed by atoms with Crippen molar-refractivity contribution in [3.8, 4) is 0 Å². The van der Waals surface area contributed by atoms with Crippen molar-refractivity contribution < 1.29 is 9.59 Å². The molecule has 3 N–H and O–H groups in total. The molecule has 1 aromatic carbocycles. The number of hydrogen-bond acceptors (Lipinski definition) is 3. The van der Waals surface area contributed by atoms with E-state index in [4.69, 9.17) is 0 Å². The van der Waals surface area contributed by atoms with Crippen molar-refractivity contribution in [1.82, 2.24) is 10.6 Å². The Morgan fingerprint density at radius 3 is 2.86 bits per heavy atom. The number of hydrogen-bond donors (Lipinski definition) is 3. The second-order valence-corrected chi connectivity index (χ2v) is 6.08. The van der Waals surface area contributed by atoms with Gasteiger partial charge in [-0.3, -0.25) is 9.59 Å². The van der Waals surface area contributed by atoms with Crippen LogP contribution in [0.3, 0.4) is 0 Å². The Labute approximate surface area is 130 Å². The SMILES string of the molecule is CCCC(c1ccc2c(c1)CCC(=O)N2)C1NCCNC1=O. The van der Waals surface area contributed by atoms with Crippen molar-refractivity contribution in [2.75, 3.05) is 18.4 Å². The molecule has 5 nitrogen and oxygen atoms in total. The molecule has 0 aliphatic carbocycles. The third-order valence-corrected chi connectivity index (χ3v) is 4.53. The monoisotopic (exact) mass is 301 g/mol. The highest BCUT2D eigenvalue weighted by atomic mass is 16.2. The lowest BCUT2D eigenvalue weighted by Gasteiger charge is -2.31. The van der Waals surface area contributed by atoms with Crippen LogP contribution < -0.4 is 16.0 Å². The number of anilines is 1. The second-order valence-electron chi connectivity index (χ2n) is 6.08. The standard InChI is InChI=1S/C17H23N3O2/c1-2-3-13(16-17(22)19-9-8-18-16)11-4-6-14-12(10-11)5-7-15(21)20-14/h4,6,10,13,16,18H,2-3,5,7-9H2,1H3,(H,19,22)(H,20,21). The molecule has 0 aromatic heterocycles. The molecular formula is C17H23N3O2. The molecule has 2 aliphatic heterocycles. The Morgan fingerprint density at radius 2 is 2.09 bits per heavy atom. The summed E-state index contributed by atoms with van der Waals surface area (Å²) in [5.41, 5.74) is 3.28. The Kier molecular flexibility index (Phi) is 4.43. The molecule has 118 valence electrons. The summed E-state index contributed by atoms with van der Waals surface area (Å²) in [5, 5.41) is 9.22. The van der Waals surface area contributed by atoms with Crippen LogP contribution >= 0.6 is 0 Å². The Morgan fingerprint density at radius 1 is 1.23 bits per heavy atom. The second kappa shape index (κ2) is 6.48. The van der Waals surface area contributed by atoms with Crippen LogP contribution in [-0.4, -0.2) is 30.9 Å². The van der Waals surface area contributed by atoms with E-state index in [-0.39, 0.29) is 23.8 Å². The highest BCUT2D eigenvalue weighted by Gasteiger charge is 2.31. The summed E-state index contributed by atoms with van der Waals surface area (Å²) in [5.74, 6) is 0.350. The minimum absolute atomic E-state index is 0.0821. The van der Waals surface area contributed by atoms with Gasteiger partial charge in [-0.05, 0) is 30.0 Å². The van der Waals surface area contributed by atoms with Crippen LogP contribution in [0.15, 0.2) is 18.2 Å². The van der Waals surface area contributed by atoms with Crippen molar-refractivity contribution in [2.24, 2.45) is 0 Å². The number of benzene rings is 1. The van der Waals surface area contributed by atoms with E-state index in [2.05, 4.69) is 28.9 Å². The number of fused-ring (bicyclic) bond motifs is 1. The zero-order chi connectivity index (χ0) is 15.5. The van der Waals surface area contributed by atoms with E-state index in [1.807, 2.05) is 12.1 Å². The Bertz CT molecular complexity index is 585. The van der Waals surface area contributed by atoms with Crippen molar-refractivity contribution in [1.29, 1.82) is 0 Å². The van der Waals surface area contributed by atoms with Gasteiger partial charge in [-0.2, -0.15) is 0 Å². The van der Waals surface area contributed by atoms with Crippen LogP contribution in [-0.2, 0) is 16.0 Å². The third-order valence-electron chi connectivity index (χ3n) is 4.53. The van der Waals surface area contributed by atoms with Gasteiger partial charge in [0.1, 0.15) is 0 Å². The molecule has 3 rings (SSSR count).